The number of carbonyl (C=O) groups excluding carboxylic acids is 1. The van der Waals surface area contributed by atoms with Crippen molar-refractivity contribution in [2.24, 2.45) is 0 Å². The van der Waals surface area contributed by atoms with Crippen LogP contribution in [0.3, 0.4) is 0 Å². The molecule has 1 saturated heterocycles. The maximum atomic E-state index is 13.3. The van der Waals surface area contributed by atoms with Gasteiger partial charge in [-0.15, -0.1) is 0 Å². The standard InChI is InChI=1S/C25H26ClN3O4S/c26-21-6-12-24(13-7-21)34(31,32)29(18-20-4-2-1-3-5-20)19-25(30)27-22-8-10-23(11-9-22)28-14-16-33-17-15-28/h1-13H,14-19H2,(H,27,30). The lowest BCUT2D eigenvalue weighted by molar-refractivity contribution is -0.116. The zero-order valence-electron chi connectivity index (χ0n) is 18.6. The van der Waals surface area contributed by atoms with E-state index in [9.17, 15) is 13.2 Å². The van der Waals surface area contributed by atoms with Gasteiger partial charge in [-0.05, 0) is 54.1 Å². The van der Waals surface area contributed by atoms with Gasteiger partial charge in [0.15, 0.2) is 0 Å². The van der Waals surface area contributed by atoms with Crippen molar-refractivity contribution in [3.63, 3.8) is 0 Å². The van der Waals surface area contributed by atoms with Crippen molar-refractivity contribution in [1.29, 1.82) is 0 Å². The van der Waals surface area contributed by atoms with E-state index in [0.717, 1.165) is 24.3 Å². The predicted molar refractivity (Wildman–Crippen MR) is 134 cm³/mol. The smallest absolute Gasteiger partial charge is 0.243 e. The molecule has 178 valence electrons. The van der Waals surface area contributed by atoms with Gasteiger partial charge in [0.25, 0.3) is 0 Å². The summed E-state index contributed by atoms with van der Waals surface area (Å²) >= 11 is 5.92. The number of morpholine rings is 1. The molecule has 3 aromatic carbocycles. The Morgan fingerprint density at radius 2 is 1.59 bits per heavy atom. The predicted octanol–water partition coefficient (Wildman–Crippen LogP) is 4.01. The molecule has 1 N–H and O–H groups in total. The Bertz CT molecular complexity index is 1200. The lowest BCUT2D eigenvalue weighted by Crippen LogP contribution is -2.37. The maximum absolute atomic E-state index is 13.3. The van der Waals surface area contributed by atoms with Crippen molar-refractivity contribution in [3.8, 4) is 0 Å². The molecule has 3 aromatic rings. The van der Waals surface area contributed by atoms with Crippen LogP contribution in [0.2, 0.25) is 5.02 Å². The number of hydrogen-bond donors (Lipinski definition) is 1. The summed E-state index contributed by atoms with van der Waals surface area (Å²) in [5.41, 5.74) is 2.44. The molecular formula is C25H26ClN3O4S. The Labute approximate surface area is 205 Å². The van der Waals surface area contributed by atoms with Crippen molar-refractivity contribution >= 4 is 38.9 Å². The molecular weight excluding hydrogens is 474 g/mol. The van der Waals surface area contributed by atoms with Crippen molar-refractivity contribution < 1.29 is 17.9 Å². The largest absolute Gasteiger partial charge is 0.378 e. The highest BCUT2D eigenvalue weighted by Gasteiger charge is 2.27. The van der Waals surface area contributed by atoms with Crippen molar-refractivity contribution in [2.75, 3.05) is 43.1 Å². The molecule has 0 aromatic heterocycles. The molecule has 0 atom stereocenters. The second-order valence-electron chi connectivity index (χ2n) is 7.91. The second kappa shape index (κ2) is 11.0. The van der Waals surface area contributed by atoms with E-state index in [0.29, 0.717) is 23.9 Å². The number of sulfonamides is 1. The van der Waals surface area contributed by atoms with E-state index in [1.165, 1.54) is 28.6 Å². The fraction of sp³-hybridized carbons (Fsp3) is 0.240. The molecule has 0 spiro atoms. The SMILES string of the molecule is O=C(CN(Cc1ccccc1)S(=O)(=O)c1ccc(Cl)cc1)Nc1ccc(N2CCOCC2)cc1. The first-order chi connectivity index (χ1) is 16.4. The molecule has 1 aliphatic rings. The average Bonchev–Trinajstić information content (AvgIpc) is 2.85. The molecule has 9 heteroatoms. The lowest BCUT2D eigenvalue weighted by atomic mass is 10.2. The summed E-state index contributed by atoms with van der Waals surface area (Å²) in [4.78, 5) is 15.2. The third-order valence-corrected chi connectivity index (χ3v) is 7.56. The van der Waals surface area contributed by atoms with Gasteiger partial charge < -0.3 is 15.0 Å². The molecule has 1 amide bonds. The van der Waals surface area contributed by atoms with Crippen LogP contribution < -0.4 is 10.2 Å². The van der Waals surface area contributed by atoms with Gasteiger partial charge in [-0.2, -0.15) is 4.31 Å². The van der Waals surface area contributed by atoms with E-state index in [-0.39, 0.29) is 18.0 Å². The molecule has 4 rings (SSSR count). The molecule has 0 aliphatic carbocycles. The van der Waals surface area contributed by atoms with E-state index >= 15 is 0 Å². The van der Waals surface area contributed by atoms with E-state index in [4.69, 9.17) is 16.3 Å². The van der Waals surface area contributed by atoms with Gasteiger partial charge in [0.1, 0.15) is 0 Å². The van der Waals surface area contributed by atoms with Crippen LogP contribution in [0.25, 0.3) is 0 Å². The summed E-state index contributed by atoms with van der Waals surface area (Å²) in [5.74, 6) is -0.424. The average molecular weight is 500 g/mol. The van der Waals surface area contributed by atoms with Crippen LogP contribution in [-0.2, 0) is 26.1 Å². The Balaban J connectivity index is 1.49. The van der Waals surface area contributed by atoms with Crippen LogP contribution in [0.4, 0.5) is 11.4 Å². The van der Waals surface area contributed by atoms with Gasteiger partial charge in [-0.3, -0.25) is 4.79 Å². The zero-order valence-corrected chi connectivity index (χ0v) is 20.1. The lowest BCUT2D eigenvalue weighted by Gasteiger charge is -2.29. The number of nitrogens with one attached hydrogen (secondary N) is 1. The highest BCUT2D eigenvalue weighted by atomic mass is 35.5. The summed E-state index contributed by atoms with van der Waals surface area (Å²) in [6.07, 6.45) is 0. The highest BCUT2D eigenvalue weighted by Crippen LogP contribution is 2.22. The number of hydrogen-bond acceptors (Lipinski definition) is 5. The fourth-order valence-corrected chi connectivity index (χ4v) is 5.22. The molecule has 0 saturated carbocycles. The summed E-state index contributed by atoms with van der Waals surface area (Å²) in [7, 11) is -3.93. The van der Waals surface area contributed by atoms with Crippen molar-refractivity contribution in [1.82, 2.24) is 4.31 Å². The Kier molecular flexibility index (Phi) is 7.84. The second-order valence-corrected chi connectivity index (χ2v) is 10.3. The first-order valence-electron chi connectivity index (χ1n) is 10.9. The Morgan fingerprint density at radius 1 is 0.941 bits per heavy atom. The molecule has 1 aliphatic heterocycles. The normalized spacial score (nSPS) is 14.2. The number of rotatable bonds is 8. The van der Waals surface area contributed by atoms with Gasteiger partial charge in [0, 0.05) is 36.0 Å². The molecule has 7 nitrogen and oxygen atoms in total. The van der Waals surface area contributed by atoms with Gasteiger partial charge in [0.2, 0.25) is 15.9 Å². The summed E-state index contributed by atoms with van der Waals surface area (Å²) in [6, 6.07) is 22.6. The minimum absolute atomic E-state index is 0.0647. The zero-order chi connectivity index (χ0) is 24.0. The van der Waals surface area contributed by atoms with Gasteiger partial charge >= 0.3 is 0 Å². The minimum Gasteiger partial charge on any atom is -0.378 e. The Morgan fingerprint density at radius 3 is 2.24 bits per heavy atom. The molecule has 34 heavy (non-hydrogen) atoms. The third kappa shape index (κ3) is 6.15. The summed E-state index contributed by atoms with van der Waals surface area (Å²) in [6.45, 7) is 2.77. The maximum Gasteiger partial charge on any atom is 0.243 e. The van der Waals surface area contributed by atoms with Crippen LogP contribution >= 0.6 is 11.6 Å². The van der Waals surface area contributed by atoms with Gasteiger partial charge in [-0.1, -0.05) is 41.9 Å². The quantitative estimate of drug-likeness (QED) is 0.506. The van der Waals surface area contributed by atoms with Gasteiger partial charge in [-0.25, -0.2) is 8.42 Å². The van der Waals surface area contributed by atoms with Crippen LogP contribution in [0.5, 0.6) is 0 Å². The van der Waals surface area contributed by atoms with Crippen LogP contribution in [-0.4, -0.2) is 51.5 Å². The van der Waals surface area contributed by atoms with Crippen molar-refractivity contribution in [3.05, 3.63) is 89.4 Å². The molecule has 0 radical (unpaired) electrons. The molecule has 0 bridgehead atoms. The van der Waals surface area contributed by atoms with E-state index in [1.807, 2.05) is 54.6 Å². The summed E-state index contributed by atoms with van der Waals surface area (Å²) < 4.78 is 33.2. The highest BCUT2D eigenvalue weighted by molar-refractivity contribution is 7.89. The topological polar surface area (TPSA) is 79.0 Å². The van der Waals surface area contributed by atoms with E-state index in [1.54, 1.807) is 0 Å². The number of ether oxygens (including phenoxy) is 1. The first kappa shape index (κ1) is 24.2. The number of amides is 1. The van der Waals surface area contributed by atoms with Crippen LogP contribution in [0, 0.1) is 0 Å². The molecule has 0 unspecified atom stereocenters. The van der Waals surface area contributed by atoms with Crippen LogP contribution in [0.15, 0.2) is 83.8 Å². The number of carbonyl (C=O) groups is 1. The summed E-state index contributed by atoms with van der Waals surface area (Å²) in [5, 5.41) is 3.25. The van der Waals surface area contributed by atoms with Crippen LogP contribution in [0.1, 0.15) is 5.56 Å². The fourth-order valence-electron chi connectivity index (χ4n) is 3.71. The Hall–Kier alpha value is -2.91. The van der Waals surface area contributed by atoms with E-state index in [2.05, 4.69) is 10.2 Å². The van der Waals surface area contributed by atoms with E-state index < -0.39 is 15.9 Å². The first-order valence-corrected chi connectivity index (χ1v) is 12.8. The van der Waals surface area contributed by atoms with Crippen molar-refractivity contribution in [2.45, 2.75) is 11.4 Å². The third-order valence-electron chi connectivity index (χ3n) is 5.50. The number of halogens is 1. The molecule has 1 heterocycles. The molecule has 1 fully saturated rings. The number of nitrogens with zero attached hydrogens (tertiary/aromatic N) is 2. The number of anilines is 2. The monoisotopic (exact) mass is 499 g/mol. The number of benzene rings is 3. The minimum atomic E-state index is -3.93. The van der Waals surface area contributed by atoms with Gasteiger partial charge in [0.05, 0.1) is 24.7 Å².